The second kappa shape index (κ2) is 7.17. The van der Waals surface area contributed by atoms with E-state index in [2.05, 4.69) is 5.73 Å². The summed E-state index contributed by atoms with van der Waals surface area (Å²) < 4.78 is 0. The van der Waals surface area contributed by atoms with Gasteiger partial charge in [-0.05, 0) is 20.9 Å². The molecule has 0 saturated heterocycles. The van der Waals surface area contributed by atoms with Crippen LogP contribution in [0.15, 0.2) is 11.6 Å². The van der Waals surface area contributed by atoms with Crippen LogP contribution < -0.4 is 5.73 Å². The number of hydrogen-bond donors (Lipinski definition) is 2. The van der Waals surface area contributed by atoms with Crippen molar-refractivity contribution < 1.29 is 9.90 Å². The van der Waals surface area contributed by atoms with Gasteiger partial charge in [0.2, 0.25) is 0 Å². The van der Waals surface area contributed by atoms with E-state index in [0.717, 1.165) is 0 Å². The van der Waals surface area contributed by atoms with Crippen molar-refractivity contribution in [3.63, 3.8) is 0 Å². The maximum absolute atomic E-state index is 9.86. The maximum atomic E-state index is 9.86. The minimum Gasteiger partial charge on any atom is -0.478 e. The quantitative estimate of drug-likeness (QED) is 0.512. The third kappa shape index (κ3) is 7.17. The number of hydrogen-bond acceptors (Lipinski definition) is 2. The van der Waals surface area contributed by atoms with E-state index in [4.69, 9.17) is 5.11 Å². The maximum Gasteiger partial charge on any atom is 0.330 e. The van der Waals surface area contributed by atoms with Gasteiger partial charge in [0.05, 0.1) is 0 Å². The largest absolute Gasteiger partial charge is 0.478 e. The Morgan fingerprint density at radius 2 is 1.89 bits per heavy atom. The van der Waals surface area contributed by atoms with Gasteiger partial charge in [-0.3, -0.25) is 0 Å². The van der Waals surface area contributed by atoms with E-state index in [9.17, 15) is 4.79 Å². The first-order valence-electron chi connectivity index (χ1n) is 2.62. The van der Waals surface area contributed by atoms with Crippen molar-refractivity contribution >= 4 is 5.97 Å². The van der Waals surface area contributed by atoms with Gasteiger partial charge in [-0.1, -0.05) is 6.08 Å². The molecule has 0 bridgehead atoms. The van der Waals surface area contributed by atoms with Gasteiger partial charge in [0.1, 0.15) is 0 Å². The Morgan fingerprint density at radius 3 is 1.89 bits per heavy atom. The van der Waals surface area contributed by atoms with Gasteiger partial charge in [-0.15, -0.1) is 0 Å². The van der Waals surface area contributed by atoms with Crippen LogP contribution in [0.25, 0.3) is 0 Å². The molecule has 0 atom stereocenters. The lowest BCUT2D eigenvalue weighted by Crippen LogP contribution is -1.93. The summed E-state index contributed by atoms with van der Waals surface area (Å²) in [6.07, 6.45) is 1.56. The number of carboxylic acid groups (broad SMARTS) is 1. The van der Waals surface area contributed by atoms with E-state index < -0.39 is 5.97 Å². The highest BCUT2D eigenvalue weighted by Gasteiger charge is 1.93. The average Bonchev–Trinajstić information content (AvgIpc) is 1.91. The van der Waals surface area contributed by atoms with E-state index in [0.29, 0.717) is 5.57 Å². The summed E-state index contributed by atoms with van der Waals surface area (Å²) in [5.74, 6) is -0.845. The zero-order chi connectivity index (χ0) is 7.86. The summed E-state index contributed by atoms with van der Waals surface area (Å²) in [4.78, 5) is 9.86. The number of allylic oxidation sites excluding steroid dienone is 1. The van der Waals surface area contributed by atoms with Crippen LogP contribution in [0.3, 0.4) is 0 Å². The molecule has 0 unspecified atom stereocenters. The summed E-state index contributed by atoms with van der Waals surface area (Å²) >= 11 is 0. The van der Waals surface area contributed by atoms with Crippen LogP contribution in [0.4, 0.5) is 0 Å². The highest BCUT2D eigenvalue weighted by molar-refractivity contribution is 5.85. The first-order valence-corrected chi connectivity index (χ1v) is 2.62. The van der Waals surface area contributed by atoms with Crippen LogP contribution in [-0.2, 0) is 4.79 Å². The lowest BCUT2D eigenvalue weighted by Gasteiger charge is -1.84. The highest BCUT2D eigenvalue weighted by atomic mass is 16.4. The van der Waals surface area contributed by atoms with Crippen LogP contribution in [0, 0.1) is 0 Å². The monoisotopic (exact) mass is 131 g/mol. The Balaban J connectivity index is 0. The van der Waals surface area contributed by atoms with Gasteiger partial charge in [-0.2, -0.15) is 0 Å². The third-order valence-electron chi connectivity index (χ3n) is 0.770. The molecule has 0 amide bonds. The molecule has 3 N–H and O–H groups in total. The summed E-state index contributed by atoms with van der Waals surface area (Å²) in [7, 11) is 1.50. The normalized spacial score (nSPS) is 9.56. The van der Waals surface area contributed by atoms with E-state index in [1.807, 2.05) is 0 Å². The standard InChI is InChI=1S/C5H8O2.CH5N/c1-3-4(2)5(6)7;1-2/h3H,1-2H3,(H,6,7);2H2,1H3. The van der Waals surface area contributed by atoms with Crippen molar-refractivity contribution in [2.45, 2.75) is 13.8 Å². The number of carbonyl (C=O) groups is 1. The Bertz CT molecular complexity index is 108. The van der Waals surface area contributed by atoms with Crippen LogP contribution in [0.2, 0.25) is 0 Å². The lowest BCUT2D eigenvalue weighted by molar-refractivity contribution is -0.132. The first kappa shape index (κ1) is 11.0. The molecule has 54 valence electrons. The van der Waals surface area contributed by atoms with E-state index in [1.165, 1.54) is 7.05 Å². The van der Waals surface area contributed by atoms with Gasteiger partial charge in [0.25, 0.3) is 0 Å². The van der Waals surface area contributed by atoms with Crippen molar-refractivity contribution in [2.24, 2.45) is 5.73 Å². The van der Waals surface area contributed by atoms with Crippen molar-refractivity contribution in [1.29, 1.82) is 0 Å². The van der Waals surface area contributed by atoms with E-state index >= 15 is 0 Å². The molecule has 0 aliphatic rings. The summed E-state index contributed by atoms with van der Waals surface area (Å²) in [6.45, 7) is 3.26. The number of aliphatic carboxylic acids is 1. The molecule has 0 spiro atoms. The molecule has 0 radical (unpaired) electrons. The Labute approximate surface area is 55.2 Å². The first-order chi connectivity index (χ1) is 4.18. The summed E-state index contributed by atoms with van der Waals surface area (Å²) in [6, 6.07) is 0. The molecular formula is C6H13NO2. The molecule has 3 nitrogen and oxygen atoms in total. The smallest absolute Gasteiger partial charge is 0.330 e. The molecule has 0 aliphatic heterocycles. The molecule has 0 aromatic rings. The summed E-state index contributed by atoms with van der Waals surface area (Å²) in [5.41, 5.74) is 4.89. The second-order valence-corrected chi connectivity index (χ2v) is 1.28. The van der Waals surface area contributed by atoms with Crippen LogP contribution in [0.1, 0.15) is 13.8 Å². The number of carboxylic acids is 1. The number of nitrogens with two attached hydrogens (primary N) is 1. The zero-order valence-corrected chi connectivity index (χ0v) is 6.01. The van der Waals surface area contributed by atoms with Crippen LogP contribution >= 0.6 is 0 Å². The predicted octanol–water partition coefficient (Wildman–Crippen LogP) is 0.612. The summed E-state index contributed by atoms with van der Waals surface area (Å²) in [5, 5.41) is 8.11. The zero-order valence-electron chi connectivity index (χ0n) is 6.01. The Morgan fingerprint density at radius 1 is 1.56 bits per heavy atom. The molecular weight excluding hydrogens is 118 g/mol. The molecule has 0 aromatic heterocycles. The highest BCUT2D eigenvalue weighted by Crippen LogP contribution is 1.87. The van der Waals surface area contributed by atoms with Crippen LogP contribution in [-0.4, -0.2) is 18.1 Å². The van der Waals surface area contributed by atoms with Crippen molar-refractivity contribution in [2.75, 3.05) is 7.05 Å². The van der Waals surface area contributed by atoms with Crippen LogP contribution in [0.5, 0.6) is 0 Å². The molecule has 9 heavy (non-hydrogen) atoms. The lowest BCUT2D eigenvalue weighted by atomic mass is 10.3. The average molecular weight is 131 g/mol. The third-order valence-corrected chi connectivity index (χ3v) is 0.770. The minimum atomic E-state index is -0.845. The molecule has 0 heterocycles. The SMILES string of the molecule is CC=C(C)C(=O)O.CN. The molecule has 0 saturated carbocycles. The van der Waals surface area contributed by atoms with E-state index in [-0.39, 0.29) is 0 Å². The fourth-order valence-corrected chi connectivity index (χ4v) is 0.123. The van der Waals surface area contributed by atoms with Gasteiger partial charge >= 0.3 is 5.97 Å². The van der Waals surface area contributed by atoms with Crippen molar-refractivity contribution in [1.82, 2.24) is 0 Å². The number of rotatable bonds is 1. The molecule has 0 aromatic carbocycles. The molecule has 0 fully saturated rings. The molecule has 0 aliphatic carbocycles. The van der Waals surface area contributed by atoms with Crippen molar-refractivity contribution in [3.8, 4) is 0 Å². The fourth-order valence-electron chi connectivity index (χ4n) is 0.123. The van der Waals surface area contributed by atoms with Crippen molar-refractivity contribution in [3.05, 3.63) is 11.6 Å². The van der Waals surface area contributed by atoms with Gasteiger partial charge in [0.15, 0.2) is 0 Å². The van der Waals surface area contributed by atoms with Gasteiger partial charge in [0, 0.05) is 5.57 Å². The molecule has 0 rings (SSSR count). The van der Waals surface area contributed by atoms with Gasteiger partial charge < -0.3 is 10.8 Å². The molecule has 3 heteroatoms. The minimum absolute atomic E-state index is 0.389. The predicted molar refractivity (Wildman–Crippen MR) is 37.2 cm³/mol. The fraction of sp³-hybridized carbons (Fsp3) is 0.500. The second-order valence-electron chi connectivity index (χ2n) is 1.28. The van der Waals surface area contributed by atoms with Gasteiger partial charge in [-0.25, -0.2) is 4.79 Å². The Kier molecular flexibility index (Phi) is 8.79. The van der Waals surface area contributed by atoms with E-state index in [1.54, 1.807) is 19.9 Å². The Hall–Kier alpha value is -0.830. The topological polar surface area (TPSA) is 63.3 Å².